The van der Waals surface area contributed by atoms with Crippen LogP contribution >= 0.6 is 11.8 Å². The molecule has 1 aliphatic heterocycles. The fraction of sp³-hybridized carbons (Fsp3) is 0.238. The second-order valence-corrected chi connectivity index (χ2v) is 8.75. The van der Waals surface area contributed by atoms with E-state index in [0.717, 1.165) is 32.7 Å². The predicted molar refractivity (Wildman–Crippen MR) is 105 cm³/mol. The predicted octanol–water partition coefficient (Wildman–Crippen LogP) is 5.66. The fourth-order valence-corrected chi connectivity index (χ4v) is 4.35. The quantitative estimate of drug-likeness (QED) is 0.648. The Hall–Kier alpha value is -2.33. The molecule has 0 unspecified atom stereocenters. The number of benzene rings is 2. The first kappa shape index (κ1) is 16.2. The van der Waals surface area contributed by atoms with E-state index < -0.39 is 4.75 Å². The fourth-order valence-electron chi connectivity index (χ4n) is 3.16. The van der Waals surface area contributed by atoms with Gasteiger partial charge in [0.15, 0.2) is 5.78 Å². The number of hydrogen-bond acceptors (Lipinski definition) is 4. The van der Waals surface area contributed by atoms with Gasteiger partial charge in [0, 0.05) is 33.4 Å². The zero-order valence-electron chi connectivity index (χ0n) is 14.8. The minimum atomic E-state index is -0.401. The van der Waals surface area contributed by atoms with Crippen molar-refractivity contribution in [1.29, 1.82) is 0 Å². The van der Waals surface area contributed by atoms with Gasteiger partial charge in [0.2, 0.25) is 0 Å². The molecule has 0 bridgehead atoms. The average molecular weight is 348 g/mol. The summed E-state index contributed by atoms with van der Waals surface area (Å²) >= 11 is 1.63. The normalized spacial score (nSPS) is 15.4. The van der Waals surface area contributed by atoms with E-state index in [9.17, 15) is 4.79 Å². The summed E-state index contributed by atoms with van der Waals surface area (Å²) in [5, 5.41) is 4.54. The van der Waals surface area contributed by atoms with E-state index in [-0.39, 0.29) is 5.78 Å². The van der Waals surface area contributed by atoms with Crippen LogP contribution in [0.5, 0.6) is 0 Å². The van der Waals surface area contributed by atoms with E-state index in [1.807, 2.05) is 26.0 Å². The largest absolute Gasteiger partial charge is 0.355 e. The van der Waals surface area contributed by atoms with Gasteiger partial charge in [0.1, 0.15) is 0 Å². The van der Waals surface area contributed by atoms with Crippen LogP contribution in [0.15, 0.2) is 47.5 Å². The molecule has 2 heterocycles. The molecule has 0 aliphatic carbocycles. The highest BCUT2D eigenvalue weighted by Crippen LogP contribution is 2.46. The van der Waals surface area contributed by atoms with Gasteiger partial charge in [-0.3, -0.25) is 9.78 Å². The number of carbonyl (C=O) groups is 1. The molecular weight excluding hydrogens is 328 g/mol. The molecule has 126 valence electrons. The van der Waals surface area contributed by atoms with Gasteiger partial charge in [-0.2, -0.15) is 0 Å². The summed E-state index contributed by atoms with van der Waals surface area (Å²) in [5.74, 6) is 0.184. The first-order valence-corrected chi connectivity index (χ1v) is 9.18. The SMILES string of the molecule is Cc1ccc(Nc2ccnc3cc4c(cc23)SC(C)(C)C4=O)cc1C. The smallest absolute Gasteiger partial charge is 0.179 e. The second kappa shape index (κ2) is 5.60. The number of ketones is 1. The topological polar surface area (TPSA) is 42.0 Å². The Morgan fingerprint density at radius 3 is 2.60 bits per heavy atom. The van der Waals surface area contributed by atoms with Crippen molar-refractivity contribution in [2.24, 2.45) is 0 Å². The van der Waals surface area contributed by atoms with Crippen LogP contribution in [-0.2, 0) is 0 Å². The molecule has 1 aromatic heterocycles. The first-order valence-electron chi connectivity index (χ1n) is 8.36. The number of fused-ring (bicyclic) bond motifs is 2. The molecule has 0 spiro atoms. The standard InChI is InChI=1S/C21H20N2OS/c1-12-5-6-14(9-13(12)2)23-17-7-8-22-18-10-16-19(11-15(17)18)25-21(3,4)20(16)24/h5-11H,1-4H3,(H,22,23). The Morgan fingerprint density at radius 1 is 1.04 bits per heavy atom. The minimum absolute atomic E-state index is 0.184. The molecule has 0 radical (unpaired) electrons. The molecule has 0 atom stereocenters. The Kier molecular flexibility index (Phi) is 3.62. The summed E-state index contributed by atoms with van der Waals surface area (Å²) in [5.41, 5.74) is 6.23. The van der Waals surface area contributed by atoms with Crippen LogP contribution in [0.1, 0.15) is 35.3 Å². The molecule has 4 rings (SSSR count). The van der Waals surface area contributed by atoms with E-state index in [0.29, 0.717) is 0 Å². The van der Waals surface area contributed by atoms with Crippen LogP contribution in [0.3, 0.4) is 0 Å². The molecule has 3 nitrogen and oxygen atoms in total. The van der Waals surface area contributed by atoms with Crippen LogP contribution in [0, 0.1) is 13.8 Å². The number of carbonyl (C=O) groups excluding carboxylic acids is 1. The summed E-state index contributed by atoms with van der Waals surface area (Å²) in [4.78, 5) is 18.1. The Balaban J connectivity index is 1.81. The van der Waals surface area contributed by atoms with Crippen LogP contribution in [0.4, 0.5) is 11.4 Å². The number of anilines is 2. The van der Waals surface area contributed by atoms with Crippen LogP contribution in [0.25, 0.3) is 10.9 Å². The molecule has 25 heavy (non-hydrogen) atoms. The van der Waals surface area contributed by atoms with Gasteiger partial charge in [-0.1, -0.05) is 6.07 Å². The number of Topliss-reactive ketones (excluding diaryl/α,β-unsaturated/α-hetero) is 1. The third kappa shape index (κ3) is 2.71. The average Bonchev–Trinajstić information content (AvgIpc) is 2.79. The van der Waals surface area contributed by atoms with Crippen molar-refractivity contribution in [2.75, 3.05) is 5.32 Å². The highest BCUT2D eigenvalue weighted by atomic mass is 32.2. The lowest BCUT2D eigenvalue weighted by atomic mass is 9.99. The number of rotatable bonds is 2. The summed E-state index contributed by atoms with van der Waals surface area (Å²) < 4.78 is -0.401. The lowest BCUT2D eigenvalue weighted by Crippen LogP contribution is -2.22. The Bertz CT molecular complexity index is 1020. The van der Waals surface area contributed by atoms with Gasteiger partial charge < -0.3 is 5.32 Å². The van der Waals surface area contributed by atoms with Gasteiger partial charge in [0.25, 0.3) is 0 Å². The van der Waals surface area contributed by atoms with Crippen LogP contribution < -0.4 is 5.32 Å². The second-order valence-electron chi connectivity index (χ2n) is 7.09. The number of nitrogens with one attached hydrogen (secondary N) is 1. The van der Waals surface area contributed by atoms with Gasteiger partial charge in [-0.15, -0.1) is 11.8 Å². The molecule has 1 aliphatic rings. The number of nitrogens with zero attached hydrogens (tertiary/aromatic N) is 1. The zero-order valence-corrected chi connectivity index (χ0v) is 15.6. The van der Waals surface area contributed by atoms with Gasteiger partial charge in [-0.25, -0.2) is 0 Å². The monoisotopic (exact) mass is 348 g/mol. The van der Waals surface area contributed by atoms with Crippen LogP contribution in [-0.4, -0.2) is 15.5 Å². The van der Waals surface area contributed by atoms with Crippen LogP contribution in [0.2, 0.25) is 0 Å². The van der Waals surface area contributed by atoms with Gasteiger partial charge in [-0.05, 0) is 69.2 Å². The van der Waals surface area contributed by atoms with E-state index >= 15 is 0 Å². The molecule has 0 fully saturated rings. The highest BCUT2D eigenvalue weighted by molar-refractivity contribution is 8.02. The van der Waals surface area contributed by atoms with Crippen molar-refractivity contribution in [2.45, 2.75) is 37.3 Å². The van der Waals surface area contributed by atoms with E-state index in [1.54, 1.807) is 18.0 Å². The third-order valence-electron chi connectivity index (χ3n) is 4.79. The number of thioether (sulfide) groups is 1. The minimum Gasteiger partial charge on any atom is -0.355 e. The summed E-state index contributed by atoms with van der Waals surface area (Å²) in [6.45, 7) is 8.18. The first-order chi connectivity index (χ1) is 11.8. The maximum absolute atomic E-state index is 12.5. The maximum atomic E-state index is 12.5. The number of aromatic nitrogens is 1. The molecule has 4 heteroatoms. The lowest BCUT2D eigenvalue weighted by Gasteiger charge is -2.12. The molecule has 0 saturated carbocycles. The third-order valence-corrected chi connectivity index (χ3v) is 6.04. The van der Waals surface area contributed by atoms with Gasteiger partial charge >= 0.3 is 0 Å². The summed E-state index contributed by atoms with van der Waals surface area (Å²) in [6, 6.07) is 12.4. The van der Waals surface area contributed by atoms with Crippen molar-refractivity contribution >= 4 is 39.8 Å². The van der Waals surface area contributed by atoms with Crippen molar-refractivity contribution in [3.63, 3.8) is 0 Å². The Morgan fingerprint density at radius 2 is 1.84 bits per heavy atom. The number of pyridine rings is 1. The van der Waals surface area contributed by atoms with Crippen molar-refractivity contribution in [1.82, 2.24) is 4.98 Å². The molecule has 0 saturated heterocycles. The molecule has 3 aromatic rings. The van der Waals surface area contributed by atoms with E-state index in [4.69, 9.17) is 0 Å². The number of aryl methyl sites for hydroxylation is 2. The zero-order chi connectivity index (χ0) is 17.8. The molecule has 2 aromatic carbocycles. The van der Waals surface area contributed by atoms with E-state index in [1.165, 1.54) is 11.1 Å². The highest BCUT2D eigenvalue weighted by Gasteiger charge is 2.38. The number of hydrogen-bond donors (Lipinski definition) is 1. The Labute approximate surface area is 151 Å². The van der Waals surface area contributed by atoms with E-state index in [2.05, 4.69) is 48.4 Å². The summed E-state index contributed by atoms with van der Waals surface area (Å²) in [7, 11) is 0. The van der Waals surface area contributed by atoms with Crippen molar-refractivity contribution in [3.05, 3.63) is 59.3 Å². The molecule has 1 N–H and O–H groups in total. The lowest BCUT2D eigenvalue weighted by molar-refractivity contribution is 0.0961. The maximum Gasteiger partial charge on any atom is 0.179 e. The van der Waals surface area contributed by atoms with Crippen molar-refractivity contribution in [3.8, 4) is 0 Å². The molecular formula is C21H20N2OS. The summed E-state index contributed by atoms with van der Waals surface area (Å²) in [6.07, 6.45) is 1.79. The molecule has 0 amide bonds. The van der Waals surface area contributed by atoms with Crippen molar-refractivity contribution < 1.29 is 4.79 Å². The van der Waals surface area contributed by atoms with Gasteiger partial charge in [0.05, 0.1) is 10.3 Å².